The largest absolute Gasteiger partial charge is 0.493 e. The number of aromatic nitrogens is 2. The van der Waals surface area contributed by atoms with Crippen LogP contribution in [0.25, 0.3) is 21.8 Å². The van der Waals surface area contributed by atoms with Gasteiger partial charge in [-0.05, 0) is 61.9 Å². The molecule has 200 valence electrons. The van der Waals surface area contributed by atoms with Crippen molar-refractivity contribution in [3.8, 4) is 17.2 Å². The number of carbonyl (C=O) groups excluding carboxylic acids is 1. The molecule has 1 aliphatic rings. The molecule has 0 saturated heterocycles. The third kappa shape index (κ3) is 4.24. The Labute approximate surface area is 224 Å². The summed E-state index contributed by atoms with van der Waals surface area (Å²) in [6, 6.07) is 8.82. The highest BCUT2D eigenvalue weighted by Crippen LogP contribution is 2.46. The van der Waals surface area contributed by atoms with Crippen LogP contribution in [-0.4, -0.2) is 37.0 Å². The zero-order valence-electron chi connectivity index (χ0n) is 22.0. The maximum Gasteiger partial charge on any atom is 0.264 e. The molecule has 0 bridgehead atoms. The number of aryl methyl sites for hydroxylation is 1. The number of methoxy groups -OCH3 is 3. The number of carbonyl (C=O) groups is 1. The maximum absolute atomic E-state index is 13.8. The number of hydrogen-bond donors (Lipinski definition) is 1. The number of amides is 1. The van der Waals surface area contributed by atoms with Crippen LogP contribution in [0.1, 0.15) is 49.6 Å². The number of benzene rings is 2. The van der Waals surface area contributed by atoms with E-state index in [0.29, 0.717) is 50.7 Å². The van der Waals surface area contributed by atoms with Gasteiger partial charge in [0, 0.05) is 18.4 Å². The summed E-state index contributed by atoms with van der Waals surface area (Å²) in [4.78, 5) is 26.1. The highest BCUT2D eigenvalue weighted by molar-refractivity contribution is 6.37. The van der Waals surface area contributed by atoms with Crippen molar-refractivity contribution in [3.63, 3.8) is 0 Å². The van der Waals surface area contributed by atoms with E-state index in [1.807, 2.05) is 28.8 Å². The van der Waals surface area contributed by atoms with Crippen LogP contribution in [0.5, 0.6) is 17.2 Å². The Kier molecular flexibility index (Phi) is 6.96. The fraction of sp³-hybridized carbons (Fsp3) is 0.393. The van der Waals surface area contributed by atoms with E-state index in [1.165, 1.54) is 6.92 Å². The summed E-state index contributed by atoms with van der Waals surface area (Å²) in [6.07, 6.45) is 2.21. The van der Waals surface area contributed by atoms with E-state index in [0.717, 1.165) is 23.9 Å². The van der Waals surface area contributed by atoms with Gasteiger partial charge in [-0.3, -0.25) is 9.59 Å². The molecule has 0 spiro atoms. The summed E-state index contributed by atoms with van der Waals surface area (Å²) in [6.45, 7) is 3.23. The molecule has 1 saturated carbocycles. The van der Waals surface area contributed by atoms with Crippen LogP contribution >= 0.6 is 11.6 Å². The fourth-order valence-electron chi connectivity index (χ4n) is 5.84. The second-order valence-electron chi connectivity index (χ2n) is 9.64. The van der Waals surface area contributed by atoms with Crippen LogP contribution in [0.4, 0.5) is 0 Å². The summed E-state index contributed by atoms with van der Waals surface area (Å²) in [7, 11) is 4.67. The molecular weight excluding hydrogens is 510 g/mol. The Hall–Kier alpha value is -3.72. The van der Waals surface area contributed by atoms with E-state index in [-0.39, 0.29) is 29.5 Å². The molecule has 0 radical (unpaired) electrons. The molecule has 9 nitrogen and oxygen atoms in total. The Balaban J connectivity index is 1.59. The topological polar surface area (TPSA) is 105 Å². The SMILES string of the molecule is COc1cc(C(NC(C)=O)C2CCC(n3c(=O)c4c(C)onc4c4c(Cl)cccc43)C2)cc(OC)c1OC. The van der Waals surface area contributed by atoms with Crippen molar-refractivity contribution < 1.29 is 23.5 Å². The Bertz CT molecular complexity index is 1570. The number of pyridine rings is 1. The first kappa shape index (κ1) is 25.9. The van der Waals surface area contributed by atoms with Crippen molar-refractivity contribution in [2.75, 3.05) is 21.3 Å². The van der Waals surface area contributed by atoms with Gasteiger partial charge in [-0.15, -0.1) is 0 Å². The zero-order valence-corrected chi connectivity index (χ0v) is 22.7. The highest BCUT2D eigenvalue weighted by atomic mass is 35.5. The fourth-order valence-corrected chi connectivity index (χ4v) is 6.10. The molecule has 4 aromatic rings. The predicted molar refractivity (Wildman–Crippen MR) is 145 cm³/mol. The molecule has 3 atom stereocenters. The van der Waals surface area contributed by atoms with Gasteiger partial charge < -0.3 is 28.6 Å². The van der Waals surface area contributed by atoms with Crippen molar-refractivity contribution in [3.05, 3.63) is 57.0 Å². The first-order chi connectivity index (χ1) is 18.3. The van der Waals surface area contributed by atoms with Gasteiger partial charge in [0.25, 0.3) is 5.56 Å². The quantitative estimate of drug-likeness (QED) is 0.337. The number of nitrogens with one attached hydrogen (secondary N) is 1. The molecule has 2 aromatic heterocycles. The Morgan fingerprint density at radius 3 is 2.47 bits per heavy atom. The van der Waals surface area contributed by atoms with Crippen LogP contribution in [0, 0.1) is 12.8 Å². The summed E-state index contributed by atoms with van der Waals surface area (Å²) in [5.41, 5.74) is 1.89. The molecule has 1 N–H and O–H groups in total. The summed E-state index contributed by atoms with van der Waals surface area (Å²) >= 11 is 6.60. The normalized spacial score (nSPS) is 18.1. The minimum absolute atomic E-state index is 0.0482. The molecule has 10 heteroatoms. The van der Waals surface area contributed by atoms with E-state index >= 15 is 0 Å². The first-order valence-electron chi connectivity index (χ1n) is 12.4. The molecule has 1 fully saturated rings. The van der Waals surface area contributed by atoms with Crippen molar-refractivity contribution in [1.82, 2.24) is 15.0 Å². The minimum atomic E-state index is -0.321. The van der Waals surface area contributed by atoms with Crippen molar-refractivity contribution in [2.24, 2.45) is 5.92 Å². The number of rotatable bonds is 7. The number of nitrogens with zero attached hydrogens (tertiary/aromatic N) is 2. The van der Waals surface area contributed by atoms with Crippen molar-refractivity contribution >= 4 is 39.3 Å². The van der Waals surface area contributed by atoms with E-state index in [9.17, 15) is 9.59 Å². The van der Waals surface area contributed by atoms with E-state index in [1.54, 1.807) is 34.3 Å². The number of ether oxygens (including phenoxy) is 3. The van der Waals surface area contributed by atoms with Gasteiger partial charge in [-0.25, -0.2) is 0 Å². The van der Waals surface area contributed by atoms with Crippen LogP contribution in [0.3, 0.4) is 0 Å². The summed E-state index contributed by atoms with van der Waals surface area (Å²) in [5.74, 6) is 1.87. The number of fused-ring (bicyclic) bond motifs is 3. The highest BCUT2D eigenvalue weighted by Gasteiger charge is 2.36. The van der Waals surface area contributed by atoms with E-state index in [2.05, 4.69) is 10.5 Å². The smallest absolute Gasteiger partial charge is 0.264 e. The molecular formula is C28H30ClN3O6. The molecule has 0 aliphatic heterocycles. The lowest BCUT2D eigenvalue weighted by atomic mass is 9.90. The zero-order chi connectivity index (χ0) is 27.1. The molecule has 2 heterocycles. The maximum atomic E-state index is 13.8. The lowest BCUT2D eigenvalue weighted by Crippen LogP contribution is -2.31. The molecule has 38 heavy (non-hydrogen) atoms. The first-order valence-corrected chi connectivity index (χ1v) is 12.8. The summed E-state index contributed by atoms with van der Waals surface area (Å²) < 4.78 is 23.8. The number of halogens is 1. The van der Waals surface area contributed by atoms with Crippen LogP contribution in [0.2, 0.25) is 5.02 Å². The van der Waals surface area contributed by atoms with Gasteiger partial charge in [0.15, 0.2) is 11.5 Å². The lowest BCUT2D eigenvalue weighted by molar-refractivity contribution is -0.120. The second-order valence-corrected chi connectivity index (χ2v) is 10.0. The Morgan fingerprint density at radius 1 is 1.13 bits per heavy atom. The average molecular weight is 540 g/mol. The predicted octanol–water partition coefficient (Wildman–Crippen LogP) is 5.35. The van der Waals surface area contributed by atoms with Gasteiger partial charge in [0.2, 0.25) is 11.7 Å². The van der Waals surface area contributed by atoms with Crippen LogP contribution in [-0.2, 0) is 4.79 Å². The van der Waals surface area contributed by atoms with Crippen LogP contribution in [0.15, 0.2) is 39.6 Å². The Morgan fingerprint density at radius 2 is 1.84 bits per heavy atom. The molecule has 2 aromatic carbocycles. The standard InChI is InChI=1S/C28H30ClN3O6/c1-14-23-26(31-38-14)24-19(29)7-6-8-20(24)32(28(23)34)18-10-9-16(11-18)25(30-15(2)33)17-12-21(35-3)27(37-5)22(13-17)36-4/h6-8,12-13,16,18,25H,9-11H2,1-5H3,(H,30,33). The van der Waals surface area contributed by atoms with Gasteiger partial charge in [0.1, 0.15) is 16.7 Å². The molecule has 1 amide bonds. The van der Waals surface area contributed by atoms with Crippen molar-refractivity contribution in [1.29, 1.82) is 0 Å². The summed E-state index contributed by atoms with van der Waals surface area (Å²) in [5, 5.41) is 8.92. The monoisotopic (exact) mass is 539 g/mol. The minimum Gasteiger partial charge on any atom is -0.493 e. The van der Waals surface area contributed by atoms with Gasteiger partial charge in [-0.2, -0.15) is 0 Å². The average Bonchev–Trinajstić information content (AvgIpc) is 3.53. The third-order valence-corrected chi connectivity index (χ3v) is 7.79. The van der Waals surface area contributed by atoms with E-state index < -0.39 is 0 Å². The van der Waals surface area contributed by atoms with Gasteiger partial charge in [-0.1, -0.05) is 22.8 Å². The van der Waals surface area contributed by atoms with E-state index in [4.69, 9.17) is 30.3 Å². The lowest BCUT2D eigenvalue weighted by Gasteiger charge is -2.27. The number of hydrogen-bond acceptors (Lipinski definition) is 7. The molecule has 3 unspecified atom stereocenters. The molecule has 5 rings (SSSR count). The van der Waals surface area contributed by atoms with Crippen LogP contribution < -0.4 is 25.1 Å². The van der Waals surface area contributed by atoms with Gasteiger partial charge in [0.05, 0.1) is 37.9 Å². The third-order valence-electron chi connectivity index (χ3n) is 7.47. The van der Waals surface area contributed by atoms with Gasteiger partial charge >= 0.3 is 0 Å². The van der Waals surface area contributed by atoms with Crippen molar-refractivity contribution in [2.45, 2.75) is 45.2 Å². The molecule has 1 aliphatic carbocycles. The second kappa shape index (κ2) is 10.2.